The van der Waals surface area contributed by atoms with E-state index in [1.165, 1.54) is 12.1 Å². The fraction of sp³-hybridized carbons (Fsp3) is 0. The second-order valence-electron chi connectivity index (χ2n) is 5.22. The molecule has 22 heavy (non-hydrogen) atoms. The lowest BCUT2D eigenvalue weighted by atomic mass is 9.99. The molecule has 0 radical (unpaired) electrons. The minimum absolute atomic E-state index is 0.0753. The van der Waals surface area contributed by atoms with E-state index in [9.17, 15) is 9.90 Å². The lowest BCUT2D eigenvalue weighted by Gasteiger charge is -2.07. The first-order chi connectivity index (χ1) is 10.7. The molecule has 0 unspecified atom stereocenters. The molecule has 4 aromatic rings. The summed E-state index contributed by atoms with van der Waals surface area (Å²) in [6.07, 6.45) is 0. The molecule has 0 spiro atoms. The number of benzene rings is 3. The van der Waals surface area contributed by atoms with Crippen molar-refractivity contribution in [1.29, 1.82) is 0 Å². The molecular formula is C19H12O3. The summed E-state index contributed by atoms with van der Waals surface area (Å²) in [6, 6.07) is 20.5. The van der Waals surface area contributed by atoms with Crippen molar-refractivity contribution >= 4 is 21.7 Å². The minimum Gasteiger partial charge on any atom is -0.508 e. The van der Waals surface area contributed by atoms with Crippen molar-refractivity contribution in [2.45, 2.75) is 0 Å². The van der Waals surface area contributed by atoms with E-state index in [1.807, 2.05) is 30.3 Å². The smallest absolute Gasteiger partial charge is 0.336 e. The molecule has 3 aromatic carbocycles. The van der Waals surface area contributed by atoms with Gasteiger partial charge in [0.2, 0.25) is 0 Å². The zero-order valence-electron chi connectivity index (χ0n) is 11.6. The molecule has 0 amide bonds. The van der Waals surface area contributed by atoms with Gasteiger partial charge in [-0.25, -0.2) is 4.79 Å². The summed E-state index contributed by atoms with van der Waals surface area (Å²) >= 11 is 0. The van der Waals surface area contributed by atoms with Crippen LogP contribution in [0.1, 0.15) is 0 Å². The predicted octanol–water partition coefficient (Wildman–Crippen LogP) is 4.32. The second kappa shape index (κ2) is 4.74. The SMILES string of the molecule is O=c1cc(-c2ccc3ccccc3c2)c2ccc(O)cc2o1. The van der Waals surface area contributed by atoms with E-state index in [2.05, 4.69) is 12.1 Å². The average Bonchev–Trinajstić information content (AvgIpc) is 2.53. The van der Waals surface area contributed by atoms with Crippen molar-refractivity contribution in [1.82, 2.24) is 0 Å². The Kier molecular flexibility index (Phi) is 2.73. The first kappa shape index (κ1) is 12.7. The van der Waals surface area contributed by atoms with Gasteiger partial charge in [-0.05, 0) is 40.1 Å². The van der Waals surface area contributed by atoms with Gasteiger partial charge in [0, 0.05) is 17.5 Å². The maximum atomic E-state index is 11.8. The van der Waals surface area contributed by atoms with Crippen molar-refractivity contribution in [3.8, 4) is 16.9 Å². The van der Waals surface area contributed by atoms with Crippen LogP contribution in [0.25, 0.3) is 32.9 Å². The maximum absolute atomic E-state index is 11.8. The van der Waals surface area contributed by atoms with Crippen LogP contribution in [-0.2, 0) is 0 Å². The Morgan fingerprint density at radius 1 is 0.818 bits per heavy atom. The standard InChI is InChI=1S/C19H12O3/c20-15-7-8-16-17(11-19(21)22-18(16)10-15)14-6-5-12-3-1-2-4-13(12)9-14/h1-11,20H. The summed E-state index contributed by atoms with van der Waals surface area (Å²) < 4.78 is 5.18. The van der Waals surface area contributed by atoms with E-state index in [0.29, 0.717) is 5.58 Å². The molecule has 0 aliphatic rings. The highest BCUT2D eigenvalue weighted by Crippen LogP contribution is 2.31. The number of fused-ring (bicyclic) bond motifs is 2. The summed E-state index contributed by atoms with van der Waals surface area (Å²) in [5.74, 6) is 0.0753. The maximum Gasteiger partial charge on any atom is 0.336 e. The average molecular weight is 288 g/mol. The highest BCUT2D eigenvalue weighted by atomic mass is 16.4. The molecule has 0 saturated heterocycles. The lowest BCUT2D eigenvalue weighted by molar-refractivity contribution is 0.473. The van der Waals surface area contributed by atoms with Gasteiger partial charge in [-0.2, -0.15) is 0 Å². The third-order valence-corrected chi connectivity index (χ3v) is 3.79. The summed E-state index contributed by atoms with van der Waals surface area (Å²) in [4.78, 5) is 11.8. The molecule has 4 rings (SSSR count). The third kappa shape index (κ3) is 2.04. The van der Waals surface area contributed by atoms with Crippen LogP contribution < -0.4 is 5.63 Å². The Hall–Kier alpha value is -3.07. The van der Waals surface area contributed by atoms with Crippen LogP contribution in [0.15, 0.2) is 75.9 Å². The molecule has 0 bridgehead atoms. The van der Waals surface area contributed by atoms with Crippen molar-refractivity contribution in [2.24, 2.45) is 0 Å². The molecule has 106 valence electrons. The summed E-state index contributed by atoms with van der Waals surface area (Å²) in [5.41, 5.74) is 1.70. The van der Waals surface area contributed by atoms with Crippen molar-refractivity contribution in [3.05, 3.63) is 77.2 Å². The van der Waals surface area contributed by atoms with Crippen LogP contribution in [0.3, 0.4) is 0 Å². The van der Waals surface area contributed by atoms with E-state index in [1.54, 1.807) is 12.1 Å². The third-order valence-electron chi connectivity index (χ3n) is 3.79. The van der Waals surface area contributed by atoms with Crippen LogP contribution in [0.5, 0.6) is 5.75 Å². The molecule has 0 aliphatic carbocycles. The highest BCUT2D eigenvalue weighted by Gasteiger charge is 2.09. The van der Waals surface area contributed by atoms with E-state index >= 15 is 0 Å². The Morgan fingerprint density at radius 3 is 2.50 bits per heavy atom. The summed E-state index contributed by atoms with van der Waals surface area (Å²) in [6.45, 7) is 0. The molecule has 1 aromatic heterocycles. The van der Waals surface area contributed by atoms with Gasteiger partial charge in [0.15, 0.2) is 0 Å². The lowest BCUT2D eigenvalue weighted by Crippen LogP contribution is -1.98. The number of aromatic hydroxyl groups is 1. The van der Waals surface area contributed by atoms with Crippen LogP contribution >= 0.6 is 0 Å². The van der Waals surface area contributed by atoms with Crippen LogP contribution in [0.4, 0.5) is 0 Å². The Morgan fingerprint density at radius 2 is 1.64 bits per heavy atom. The fourth-order valence-electron chi connectivity index (χ4n) is 2.75. The van der Waals surface area contributed by atoms with Gasteiger partial charge in [0.05, 0.1) is 0 Å². The number of phenolic OH excluding ortho intramolecular Hbond substituents is 1. The monoisotopic (exact) mass is 288 g/mol. The van der Waals surface area contributed by atoms with E-state index in [4.69, 9.17) is 4.42 Å². The molecule has 0 saturated carbocycles. The first-order valence-electron chi connectivity index (χ1n) is 6.97. The number of rotatable bonds is 1. The van der Waals surface area contributed by atoms with E-state index in [-0.39, 0.29) is 5.75 Å². The normalized spacial score (nSPS) is 11.1. The van der Waals surface area contributed by atoms with Gasteiger partial charge in [0.25, 0.3) is 0 Å². The van der Waals surface area contributed by atoms with Gasteiger partial charge < -0.3 is 9.52 Å². The Balaban J connectivity index is 2.04. The number of phenols is 1. The largest absolute Gasteiger partial charge is 0.508 e. The zero-order chi connectivity index (χ0) is 15.1. The quantitative estimate of drug-likeness (QED) is 0.531. The van der Waals surface area contributed by atoms with E-state index in [0.717, 1.165) is 27.3 Å². The van der Waals surface area contributed by atoms with Crippen LogP contribution in [0.2, 0.25) is 0 Å². The molecule has 1 N–H and O–H groups in total. The van der Waals surface area contributed by atoms with Gasteiger partial charge in [-0.3, -0.25) is 0 Å². The minimum atomic E-state index is -0.429. The molecule has 3 nitrogen and oxygen atoms in total. The molecule has 3 heteroatoms. The molecule has 0 fully saturated rings. The highest BCUT2D eigenvalue weighted by molar-refractivity contribution is 5.96. The van der Waals surface area contributed by atoms with Gasteiger partial charge in [0.1, 0.15) is 11.3 Å². The summed E-state index contributed by atoms with van der Waals surface area (Å²) in [5, 5.41) is 12.6. The van der Waals surface area contributed by atoms with Crippen molar-refractivity contribution < 1.29 is 9.52 Å². The van der Waals surface area contributed by atoms with Crippen LogP contribution in [-0.4, -0.2) is 5.11 Å². The molecule has 0 aliphatic heterocycles. The van der Waals surface area contributed by atoms with Crippen molar-refractivity contribution in [2.75, 3.05) is 0 Å². The zero-order valence-corrected chi connectivity index (χ0v) is 11.6. The second-order valence-corrected chi connectivity index (χ2v) is 5.22. The first-order valence-corrected chi connectivity index (χ1v) is 6.97. The number of hydrogen-bond donors (Lipinski definition) is 1. The number of hydrogen-bond acceptors (Lipinski definition) is 3. The molecule has 0 atom stereocenters. The van der Waals surface area contributed by atoms with Gasteiger partial charge in [-0.1, -0.05) is 36.4 Å². The summed E-state index contributed by atoms with van der Waals surface area (Å²) in [7, 11) is 0. The van der Waals surface area contributed by atoms with E-state index < -0.39 is 5.63 Å². The van der Waals surface area contributed by atoms with Gasteiger partial charge in [-0.15, -0.1) is 0 Å². The van der Waals surface area contributed by atoms with Crippen molar-refractivity contribution in [3.63, 3.8) is 0 Å². The fourth-order valence-corrected chi connectivity index (χ4v) is 2.75. The van der Waals surface area contributed by atoms with Gasteiger partial charge >= 0.3 is 5.63 Å². The topological polar surface area (TPSA) is 50.4 Å². The van der Waals surface area contributed by atoms with Crippen LogP contribution in [0, 0.1) is 0 Å². The molecular weight excluding hydrogens is 276 g/mol. The Labute approximate surface area is 126 Å². The predicted molar refractivity (Wildman–Crippen MR) is 87.1 cm³/mol. The molecule has 1 heterocycles. The Bertz CT molecular complexity index is 1060.